The first-order valence-electron chi connectivity index (χ1n) is 29.0. The average Bonchev–Trinajstić information content (AvgIpc) is 4.02. The molecule has 12 aromatic rings. The molecule has 2 heterocycles. The van der Waals surface area contributed by atoms with Gasteiger partial charge in [0, 0.05) is 38.8 Å². The van der Waals surface area contributed by atoms with Crippen molar-refractivity contribution in [2.24, 2.45) is 23.7 Å². The van der Waals surface area contributed by atoms with E-state index in [-0.39, 0.29) is 5.41 Å². The molecule has 2 aromatic heterocycles. The molecule has 0 saturated heterocycles. The van der Waals surface area contributed by atoms with Crippen LogP contribution in [0.1, 0.15) is 43.2 Å². The minimum absolute atomic E-state index is 0.0807. The van der Waals surface area contributed by atoms with Gasteiger partial charge in [-0.1, -0.05) is 218 Å². The summed E-state index contributed by atoms with van der Waals surface area (Å²) >= 11 is 0. The molecule has 0 unspecified atom stereocenters. The maximum Gasteiger partial charge on any atom is 0.164 e. The van der Waals surface area contributed by atoms with Gasteiger partial charge in [-0.05, 0) is 159 Å². The zero-order valence-corrected chi connectivity index (χ0v) is 45.3. The highest BCUT2D eigenvalue weighted by atomic mass is 15.0. The lowest BCUT2D eigenvalue weighted by Crippen LogP contribution is -2.55. The van der Waals surface area contributed by atoms with Crippen LogP contribution in [0, 0.1) is 23.7 Å². The van der Waals surface area contributed by atoms with Crippen LogP contribution in [-0.2, 0) is 5.41 Å². The third-order valence-electron chi connectivity index (χ3n) is 18.4. The molecule has 0 atom stereocenters. The Morgan fingerprint density at radius 2 is 0.549 bits per heavy atom. The first-order chi connectivity index (χ1) is 40.6. The van der Waals surface area contributed by atoms with Crippen molar-refractivity contribution < 1.29 is 0 Å². The van der Waals surface area contributed by atoms with Gasteiger partial charge in [0.05, 0.1) is 0 Å². The van der Waals surface area contributed by atoms with Crippen LogP contribution >= 0.6 is 0 Å². The Morgan fingerprint density at radius 1 is 0.220 bits per heavy atom. The molecule has 17 rings (SSSR count). The van der Waals surface area contributed by atoms with Crippen molar-refractivity contribution in [2.75, 3.05) is 0 Å². The monoisotopic (exact) mass is 1050 g/mol. The van der Waals surface area contributed by atoms with Gasteiger partial charge < -0.3 is 0 Å². The normalized spacial score (nSPS) is 19.0. The van der Waals surface area contributed by atoms with Gasteiger partial charge in [0.25, 0.3) is 0 Å². The van der Waals surface area contributed by atoms with Crippen molar-refractivity contribution in [1.29, 1.82) is 0 Å². The molecule has 6 nitrogen and oxygen atoms in total. The van der Waals surface area contributed by atoms with Gasteiger partial charge >= 0.3 is 0 Å². The van der Waals surface area contributed by atoms with E-state index in [2.05, 4.69) is 182 Å². The van der Waals surface area contributed by atoms with Crippen LogP contribution in [0.25, 0.3) is 124 Å². The lowest BCUT2D eigenvalue weighted by atomic mass is 9.43. The van der Waals surface area contributed by atoms with Crippen molar-refractivity contribution in [3.05, 3.63) is 266 Å². The van der Waals surface area contributed by atoms with E-state index in [0.717, 1.165) is 73.0 Å². The summed E-state index contributed by atoms with van der Waals surface area (Å²) in [7, 11) is 0. The van der Waals surface area contributed by atoms with Gasteiger partial charge in [-0.25, -0.2) is 29.9 Å². The molecule has 5 aliphatic rings. The van der Waals surface area contributed by atoms with Gasteiger partial charge in [-0.2, -0.15) is 0 Å². The fourth-order valence-electron chi connectivity index (χ4n) is 15.0. The fraction of sp³-hybridized carbons (Fsp3) is 0.132. The van der Waals surface area contributed by atoms with Crippen LogP contribution in [0.2, 0.25) is 0 Å². The van der Waals surface area contributed by atoms with E-state index in [1.165, 1.54) is 71.0 Å². The second kappa shape index (κ2) is 19.8. The van der Waals surface area contributed by atoms with E-state index in [9.17, 15) is 0 Å². The number of aromatic nitrogens is 6. The largest absolute Gasteiger partial charge is 0.208 e. The van der Waals surface area contributed by atoms with Crippen LogP contribution in [0.4, 0.5) is 0 Å². The summed E-state index contributed by atoms with van der Waals surface area (Å²) in [6.45, 7) is 0. The molecular weight excluding hydrogens is 997 g/mol. The highest BCUT2D eigenvalue weighted by Gasteiger charge is 2.61. The summed E-state index contributed by atoms with van der Waals surface area (Å²) in [5.74, 6) is 6.68. The van der Waals surface area contributed by atoms with Crippen LogP contribution in [-0.4, -0.2) is 29.9 Å². The SMILES string of the molecule is c1ccc(-c2ccc(-c3nc(-c4ccccc4)nc(-c4ccccc4)n3)c(-c3ccc4c(c3)C3(c5ccc(-c6ccc(-c7nc(-c8ccccc8)nc(-c8ccccc8)n7)c(-c7ccccc7)c6)cc5-4)C4CC5CC(C4)CC3C5)c2)cc1. The first kappa shape index (κ1) is 48.2. The lowest BCUT2D eigenvalue weighted by Gasteiger charge is -2.61. The molecule has 82 heavy (non-hydrogen) atoms. The van der Waals surface area contributed by atoms with Crippen molar-refractivity contribution in [2.45, 2.75) is 37.5 Å². The summed E-state index contributed by atoms with van der Waals surface area (Å²) in [6, 6.07) is 91.1. The highest BCUT2D eigenvalue weighted by Crippen LogP contribution is 2.70. The molecule has 5 aliphatic carbocycles. The van der Waals surface area contributed by atoms with Gasteiger partial charge in [0.2, 0.25) is 0 Å². The standard InChI is InChI=1S/C76H56N6/c1-7-19-50(20-8-1)56-31-36-64(75-81-72(54-27-15-5-16-28-54)78-73(82-75)55-29-17-6-18-30-55)66(44-56)59-33-35-62-67-46-58(34-38-68(67)76(69(62)47-59)60-40-48-39-49(42-60)43-61(76)41-48)57-32-37-63(65(45-57)51-21-9-2-10-22-51)74-79-70(52-23-11-3-12-24-52)77-71(80-74)53-25-13-4-14-26-53/h1-38,44-49,60-61H,39-43H2. The Morgan fingerprint density at radius 3 is 0.988 bits per heavy atom. The molecule has 0 amide bonds. The molecular formula is C76H56N6. The Labute approximate surface area is 478 Å². The van der Waals surface area contributed by atoms with Gasteiger partial charge in [0.1, 0.15) is 0 Å². The maximum absolute atomic E-state index is 5.32. The number of benzene rings is 10. The summed E-state index contributed by atoms with van der Waals surface area (Å²) in [4.78, 5) is 31.2. The third kappa shape index (κ3) is 8.23. The van der Waals surface area contributed by atoms with Crippen LogP contribution in [0.5, 0.6) is 0 Å². The Kier molecular flexibility index (Phi) is 11.6. The summed E-state index contributed by atoms with van der Waals surface area (Å²) in [6.07, 6.45) is 6.56. The quantitative estimate of drug-likeness (QED) is 0.136. The molecule has 0 N–H and O–H groups in total. The molecule has 0 aliphatic heterocycles. The first-order valence-corrected chi connectivity index (χ1v) is 29.0. The molecule has 4 fully saturated rings. The van der Waals surface area contributed by atoms with Crippen molar-refractivity contribution >= 4 is 0 Å². The third-order valence-corrected chi connectivity index (χ3v) is 18.4. The fourth-order valence-corrected chi connectivity index (χ4v) is 15.0. The smallest absolute Gasteiger partial charge is 0.164 e. The van der Waals surface area contributed by atoms with E-state index < -0.39 is 0 Å². The van der Waals surface area contributed by atoms with Gasteiger partial charge in [0.15, 0.2) is 34.9 Å². The van der Waals surface area contributed by atoms with E-state index in [1.807, 2.05) is 72.8 Å². The lowest BCUT2D eigenvalue weighted by molar-refractivity contribution is -0.0399. The second-order valence-electron chi connectivity index (χ2n) is 23.0. The van der Waals surface area contributed by atoms with Crippen LogP contribution in [0.15, 0.2) is 255 Å². The second-order valence-corrected chi connectivity index (χ2v) is 23.0. The van der Waals surface area contributed by atoms with Crippen molar-refractivity contribution in [3.8, 4) is 124 Å². The zero-order valence-electron chi connectivity index (χ0n) is 45.3. The Hall–Kier alpha value is -9.78. The summed E-state index contributed by atoms with van der Waals surface area (Å²) < 4.78 is 0. The number of hydrogen-bond donors (Lipinski definition) is 0. The van der Waals surface area contributed by atoms with E-state index in [4.69, 9.17) is 29.9 Å². The molecule has 0 radical (unpaired) electrons. The zero-order chi connectivity index (χ0) is 54.1. The molecule has 10 aromatic carbocycles. The molecule has 4 saturated carbocycles. The maximum atomic E-state index is 5.32. The Bertz CT molecular complexity index is 4230. The van der Waals surface area contributed by atoms with E-state index in [1.54, 1.807) is 0 Å². The molecule has 6 heteroatoms. The topological polar surface area (TPSA) is 77.3 Å². The minimum atomic E-state index is -0.0807. The molecule has 390 valence electrons. The molecule has 1 spiro atoms. The molecule has 4 bridgehead atoms. The summed E-state index contributed by atoms with van der Waals surface area (Å²) in [5, 5.41) is 0. The van der Waals surface area contributed by atoms with Gasteiger partial charge in [-0.15, -0.1) is 0 Å². The van der Waals surface area contributed by atoms with E-state index >= 15 is 0 Å². The predicted molar refractivity (Wildman–Crippen MR) is 331 cm³/mol. The Balaban J connectivity index is 0.865. The highest BCUT2D eigenvalue weighted by molar-refractivity contribution is 5.93. The number of rotatable bonds is 10. The van der Waals surface area contributed by atoms with Crippen molar-refractivity contribution in [1.82, 2.24) is 29.9 Å². The number of nitrogens with zero attached hydrogens (tertiary/aromatic N) is 6. The van der Waals surface area contributed by atoms with Crippen molar-refractivity contribution in [3.63, 3.8) is 0 Å². The van der Waals surface area contributed by atoms with Crippen LogP contribution < -0.4 is 0 Å². The number of fused-ring (bicyclic) bond motifs is 3. The minimum Gasteiger partial charge on any atom is -0.208 e. The van der Waals surface area contributed by atoms with Crippen LogP contribution in [0.3, 0.4) is 0 Å². The predicted octanol–water partition coefficient (Wildman–Crippen LogP) is 18.4. The van der Waals surface area contributed by atoms with Gasteiger partial charge in [-0.3, -0.25) is 0 Å². The van der Waals surface area contributed by atoms with E-state index in [0.29, 0.717) is 46.8 Å². The summed E-state index contributed by atoms with van der Waals surface area (Å²) in [5.41, 5.74) is 20.5. The average molecular weight is 1050 g/mol. The number of hydrogen-bond acceptors (Lipinski definition) is 6.